The highest BCUT2D eigenvalue weighted by Gasteiger charge is 2.15. The van der Waals surface area contributed by atoms with Gasteiger partial charge in [-0.1, -0.05) is 6.07 Å². The average molecular weight is 314 g/mol. The molecule has 0 unspecified atom stereocenters. The fraction of sp³-hybridized carbons (Fsp3) is 0.312. The fourth-order valence-electron chi connectivity index (χ4n) is 2.61. The number of fused-ring (bicyclic) bond motifs is 1. The number of halogens is 1. The molecule has 3 aromatic rings. The van der Waals surface area contributed by atoms with Gasteiger partial charge in [0.05, 0.1) is 19.6 Å². The van der Waals surface area contributed by atoms with Crippen LogP contribution in [0.4, 0.5) is 10.2 Å². The van der Waals surface area contributed by atoms with Crippen molar-refractivity contribution in [3.63, 3.8) is 0 Å². The van der Waals surface area contributed by atoms with Crippen molar-refractivity contribution in [3.05, 3.63) is 48.0 Å². The molecule has 0 amide bonds. The Kier molecular flexibility index (Phi) is 3.63. The zero-order valence-corrected chi connectivity index (χ0v) is 12.4. The summed E-state index contributed by atoms with van der Waals surface area (Å²) in [7, 11) is 0. The number of benzene rings is 1. The van der Waals surface area contributed by atoms with Crippen molar-refractivity contribution in [2.75, 3.05) is 31.2 Å². The van der Waals surface area contributed by atoms with Gasteiger partial charge in [-0.2, -0.15) is 0 Å². The highest BCUT2D eigenvalue weighted by Crippen LogP contribution is 2.20. The minimum Gasteiger partial charge on any atom is -0.437 e. The Balaban J connectivity index is 1.59. The van der Waals surface area contributed by atoms with Crippen LogP contribution >= 0.6 is 0 Å². The molecule has 1 aliphatic rings. The van der Waals surface area contributed by atoms with E-state index in [1.54, 1.807) is 18.3 Å². The number of oxazole rings is 1. The first-order valence-electron chi connectivity index (χ1n) is 7.48. The van der Waals surface area contributed by atoms with Gasteiger partial charge in [0, 0.05) is 19.3 Å². The van der Waals surface area contributed by atoms with Crippen molar-refractivity contribution in [1.82, 2.24) is 15.0 Å². The molecule has 0 radical (unpaired) electrons. The number of hydrogen-bond acceptors (Lipinski definition) is 6. The number of rotatable bonds is 3. The van der Waals surface area contributed by atoms with Crippen LogP contribution in [0.1, 0.15) is 11.7 Å². The lowest BCUT2D eigenvalue weighted by Crippen LogP contribution is -2.36. The fourth-order valence-corrected chi connectivity index (χ4v) is 2.61. The Morgan fingerprint density at radius 3 is 2.83 bits per heavy atom. The molecule has 0 saturated carbocycles. The van der Waals surface area contributed by atoms with Gasteiger partial charge in [0.1, 0.15) is 17.2 Å². The third-order valence-corrected chi connectivity index (χ3v) is 3.75. The van der Waals surface area contributed by atoms with Gasteiger partial charge in [0.25, 0.3) is 0 Å². The monoisotopic (exact) mass is 314 g/mol. The van der Waals surface area contributed by atoms with E-state index in [9.17, 15) is 4.39 Å². The van der Waals surface area contributed by atoms with Crippen molar-refractivity contribution >= 4 is 16.9 Å². The molecule has 0 spiro atoms. The van der Waals surface area contributed by atoms with Crippen LogP contribution in [-0.4, -0.2) is 41.3 Å². The topological polar surface area (TPSA) is 64.3 Å². The van der Waals surface area contributed by atoms with Gasteiger partial charge in [0.2, 0.25) is 5.89 Å². The largest absolute Gasteiger partial charge is 0.437 e. The second-order valence-electron chi connectivity index (χ2n) is 5.30. The lowest BCUT2D eigenvalue weighted by Gasteiger charge is -2.27. The Morgan fingerprint density at radius 1 is 1.13 bits per heavy atom. The Labute approximate surface area is 131 Å². The third kappa shape index (κ3) is 2.87. The van der Waals surface area contributed by atoms with Gasteiger partial charge in [-0.05, 0) is 18.2 Å². The van der Waals surface area contributed by atoms with Crippen LogP contribution in [-0.2, 0) is 11.2 Å². The maximum Gasteiger partial charge on any atom is 0.203 e. The number of para-hydroxylation sites is 1. The molecule has 0 N–H and O–H groups in total. The lowest BCUT2D eigenvalue weighted by molar-refractivity contribution is 0.122. The number of anilines is 1. The average Bonchev–Trinajstić information content (AvgIpc) is 3.00. The molecule has 1 fully saturated rings. The molecule has 7 heteroatoms. The Hall–Kier alpha value is -2.54. The van der Waals surface area contributed by atoms with Gasteiger partial charge < -0.3 is 14.1 Å². The number of morpholine rings is 1. The summed E-state index contributed by atoms with van der Waals surface area (Å²) in [6, 6.07) is 6.56. The summed E-state index contributed by atoms with van der Waals surface area (Å²) in [5, 5.41) is 0. The van der Waals surface area contributed by atoms with Crippen molar-refractivity contribution < 1.29 is 13.5 Å². The van der Waals surface area contributed by atoms with Crippen LogP contribution < -0.4 is 4.90 Å². The molecule has 1 aliphatic heterocycles. The van der Waals surface area contributed by atoms with Gasteiger partial charge >= 0.3 is 0 Å². The van der Waals surface area contributed by atoms with E-state index in [1.165, 1.54) is 6.07 Å². The molecule has 1 aromatic carbocycles. The summed E-state index contributed by atoms with van der Waals surface area (Å²) in [6.07, 6.45) is 2.04. The van der Waals surface area contributed by atoms with E-state index < -0.39 is 5.82 Å². The van der Waals surface area contributed by atoms with Crippen molar-refractivity contribution in [1.29, 1.82) is 0 Å². The molecule has 6 nitrogen and oxygen atoms in total. The molecule has 0 atom stereocenters. The van der Waals surface area contributed by atoms with E-state index in [0.717, 1.165) is 18.9 Å². The first kappa shape index (κ1) is 14.1. The second kappa shape index (κ2) is 5.92. The molecule has 0 aliphatic carbocycles. The van der Waals surface area contributed by atoms with Crippen molar-refractivity contribution in [2.45, 2.75) is 6.42 Å². The predicted molar refractivity (Wildman–Crippen MR) is 81.8 cm³/mol. The van der Waals surface area contributed by atoms with E-state index in [4.69, 9.17) is 9.15 Å². The van der Waals surface area contributed by atoms with Crippen LogP contribution in [0.5, 0.6) is 0 Å². The molecule has 4 rings (SSSR count). The van der Waals surface area contributed by atoms with Crippen LogP contribution in [0.2, 0.25) is 0 Å². The van der Waals surface area contributed by atoms with Gasteiger partial charge in [0.15, 0.2) is 11.4 Å². The first-order chi connectivity index (χ1) is 11.3. The van der Waals surface area contributed by atoms with E-state index in [2.05, 4.69) is 19.9 Å². The molecular weight excluding hydrogens is 299 g/mol. The Bertz CT molecular complexity index is 830. The first-order valence-corrected chi connectivity index (χ1v) is 7.48. The second-order valence-corrected chi connectivity index (χ2v) is 5.30. The quantitative estimate of drug-likeness (QED) is 0.738. The molecule has 0 bridgehead atoms. The minimum atomic E-state index is -0.413. The van der Waals surface area contributed by atoms with Crippen LogP contribution in [0.3, 0.4) is 0 Å². The zero-order valence-electron chi connectivity index (χ0n) is 12.4. The third-order valence-electron chi connectivity index (χ3n) is 3.75. The maximum atomic E-state index is 13.7. The van der Waals surface area contributed by atoms with Crippen LogP contribution in [0.15, 0.2) is 34.9 Å². The van der Waals surface area contributed by atoms with Gasteiger partial charge in [-0.3, -0.25) is 0 Å². The number of ether oxygens (including phenoxy) is 1. The molecule has 2 aromatic heterocycles. The van der Waals surface area contributed by atoms with Gasteiger partial charge in [-0.15, -0.1) is 0 Å². The minimum absolute atomic E-state index is 0.173. The van der Waals surface area contributed by atoms with Crippen LogP contribution in [0.25, 0.3) is 11.1 Å². The summed E-state index contributed by atoms with van der Waals surface area (Å²) in [5.74, 6) is 1.45. The maximum absolute atomic E-state index is 13.7. The molecule has 1 saturated heterocycles. The van der Waals surface area contributed by atoms with E-state index in [-0.39, 0.29) is 5.58 Å². The summed E-state index contributed by atoms with van der Waals surface area (Å²) in [5.41, 5.74) is 0.677. The summed E-state index contributed by atoms with van der Waals surface area (Å²) in [6.45, 7) is 3.02. The SMILES string of the molecule is Fc1cccc2nc(Cc3nccc(N4CCOCC4)n3)oc12. The molecular formula is C16H15FN4O2. The van der Waals surface area contributed by atoms with Crippen molar-refractivity contribution in [3.8, 4) is 0 Å². The highest BCUT2D eigenvalue weighted by atomic mass is 19.1. The normalized spacial score (nSPS) is 15.3. The van der Waals surface area contributed by atoms with E-state index in [1.807, 2.05) is 6.07 Å². The highest BCUT2D eigenvalue weighted by molar-refractivity contribution is 5.73. The van der Waals surface area contributed by atoms with E-state index >= 15 is 0 Å². The van der Waals surface area contributed by atoms with Gasteiger partial charge in [-0.25, -0.2) is 19.3 Å². The van der Waals surface area contributed by atoms with E-state index in [0.29, 0.717) is 36.9 Å². The standard InChI is InChI=1S/C16H15FN4O2/c17-11-2-1-3-12-16(11)23-15(19-12)10-13-18-5-4-14(20-13)21-6-8-22-9-7-21/h1-5H,6-10H2. The summed E-state index contributed by atoms with van der Waals surface area (Å²) < 4.78 is 24.5. The predicted octanol–water partition coefficient (Wildman–Crippen LogP) is 2.18. The lowest BCUT2D eigenvalue weighted by atomic mass is 10.3. The van der Waals surface area contributed by atoms with Crippen molar-refractivity contribution in [2.24, 2.45) is 0 Å². The summed E-state index contributed by atoms with van der Waals surface area (Å²) in [4.78, 5) is 15.3. The number of aromatic nitrogens is 3. The number of nitrogens with zero attached hydrogens (tertiary/aromatic N) is 4. The molecule has 118 valence electrons. The molecule has 23 heavy (non-hydrogen) atoms. The number of hydrogen-bond donors (Lipinski definition) is 0. The Morgan fingerprint density at radius 2 is 2.00 bits per heavy atom. The smallest absolute Gasteiger partial charge is 0.203 e. The summed E-state index contributed by atoms with van der Waals surface area (Å²) >= 11 is 0. The van der Waals surface area contributed by atoms with Crippen LogP contribution in [0, 0.1) is 5.82 Å². The molecule has 3 heterocycles. The zero-order chi connectivity index (χ0) is 15.6.